The number of benzene rings is 1. The summed E-state index contributed by atoms with van der Waals surface area (Å²) in [4.78, 5) is 23.9. The molecular weight excluding hydrogens is 456 g/mol. The molecule has 30 heavy (non-hydrogen) atoms. The Bertz CT molecular complexity index is 1190. The van der Waals surface area contributed by atoms with Crippen LogP contribution in [0.4, 0.5) is 17.6 Å². The normalized spacial score (nSPS) is 13.5. The van der Waals surface area contributed by atoms with Crippen molar-refractivity contribution in [3.05, 3.63) is 55.6 Å². The first-order valence-electron chi connectivity index (χ1n) is 8.35. The van der Waals surface area contributed by atoms with Gasteiger partial charge in [0, 0.05) is 25.7 Å². The second-order valence-electron chi connectivity index (χ2n) is 6.30. The van der Waals surface area contributed by atoms with Crippen LogP contribution in [0, 0.1) is 5.82 Å². The fourth-order valence-corrected chi connectivity index (χ4v) is 4.08. The van der Waals surface area contributed by atoms with Gasteiger partial charge in [0.05, 0.1) is 10.7 Å². The van der Waals surface area contributed by atoms with E-state index in [-0.39, 0.29) is 21.7 Å². The van der Waals surface area contributed by atoms with Gasteiger partial charge in [-0.3, -0.25) is 9.36 Å². The van der Waals surface area contributed by atoms with Crippen LogP contribution in [0.3, 0.4) is 0 Å². The quantitative estimate of drug-likeness (QED) is 0.616. The second-order valence-corrected chi connectivity index (χ2v) is 8.44. The minimum atomic E-state index is -5.01. The molecule has 8 nitrogen and oxygen atoms in total. The van der Waals surface area contributed by atoms with Crippen molar-refractivity contribution in [3.63, 3.8) is 0 Å². The fourth-order valence-electron chi connectivity index (χ4n) is 2.45. The molecule has 1 atom stereocenters. The Morgan fingerprint density at radius 1 is 1.23 bits per heavy atom. The van der Waals surface area contributed by atoms with Crippen molar-refractivity contribution in [1.82, 2.24) is 13.9 Å². The van der Waals surface area contributed by atoms with Gasteiger partial charge in [0.15, 0.2) is 0 Å². The summed E-state index contributed by atoms with van der Waals surface area (Å²) in [6.45, 7) is 1.54. The minimum absolute atomic E-state index is 0.0811. The standard InChI is InChI=1S/C16H17ClF4N4O4S/c1-3-8(22)7-23-30(28,29)12-5-11(10(18)4-9(12)17)25-14(26)6-13(16(19,20)21)24(2)15(25)27/h4-6,8,23H,3,7,22H2,1-2H3. The number of nitrogens with two attached hydrogens (primary N) is 1. The van der Waals surface area contributed by atoms with E-state index in [4.69, 9.17) is 17.3 Å². The number of halogens is 5. The summed E-state index contributed by atoms with van der Waals surface area (Å²) in [6.07, 6.45) is -4.57. The van der Waals surface area contributed by atoms with Crippen LogP contribution in [0.15, 0.2) is 32.7 Å². The summed E-state index contributed by atoms with van der Waals surface area (Å²) in [5.41, 5.74) is 0.189. The summed E-state index contributed by atoms with van der Waals surface area (Å²) in [7, 11) is -3.61. The van der Waals surface area contributed by atoms with E-state index in [2.05, 4.69) is 4.72 Å². The Morgan fingerprint density at radius 2 is 1.83 bits per heavy atom. The maximum Gasteiger partial charge on any atom is 0.431 e. The summed E-state index contributed by atoms with van der Waals surface area (Å²) >= 11 is 5.81. The molecule has 0 spiro atoms. The molecule has 2 aromatic rings. The molecule has 0 radical (unpaired) electrons. The Hall–Kier alpha value is -2.22. The van der Waals surface area contributed by atoms with Crippen molar-refractivity contribution in [3.8, 4) is 5.69 Å². The molecule has 1 unspecified atom stereocenters. The minimum Gasteiger partial charge on any atom is -0.327 e. The van der Waals surface area contributed by atoms with Crippen LogP contribution in [0.2, 0.25) is 5.02 Å². The van der Waals surface area contributed by atoms with Crippen LogP contribution in [0.25, 0.3) is 5.69 Å². The van der Waals surface area contributed by atoms with E-state index in [0.717, 1.165) is 7.05 Å². The zero-order chi connectivity index (χ0) is 23.0. The molecule has 0 aliphatic heterocycles. The smallest absolute Gasteiger partial charge is 0.327 e. The van der Waals surface area contributed by atoms with Gasteiger partial charge in [-0.15, -0.1) is 0 Å². The summed E-state index contributed by atoms with van der Waals surface area (Å²) < 4.78 is 80.7. The summed E-state index contributed by atoms with van der Waals surface area (Å²) in [5, 5.41) is -0.564. The molecule has 2 rings (SSSR count). The molecule has 0 fully saturated rings. The first-order chi connectivity index (χ1) is 13.7. The van der Waals surface area contributed by atoms with E-state index in [1.54, 1.807) is 6.92 Å². The third-order valence-corrected chi connectivity index (χ3v) is 6.09. The molecule has 0 amide bonds. The van der Waals surface area contributed by atoms with Gasteiger partial charge < -0.3 is 5.73 Å². The van der Waals surface area contributed by atoms with Crippen LogP contribution < -0.4 is 21.7 Å². The topological polar surface area (TPSA) is 116 Å². The Morgan fingerprint density at radius 3 is 2.37 bits per heavy atom. The van der Waals surface area contributed by atoms with Gasteiger partial charge in [0.2, 0.25) is 10.0 Å². The monoisotopic (exact) mass is 472 g/mol. The highest BCUT2D eigenvalue weighted by atomic mass is 35.5. The molecule has 0 saturated heterocycles. The summed E-state index contributed by atoms with van der Waals surface area (Å²) in [5.74, 6) is -1.29. The molecule has 1 aromatic carbocycles. The van der Waals surface area contributed by atoms with Gasteiger partial charge in [-0.05, 0) is 18.6 Å². The predicted octanol–water partition coefficient (Wildman–Crippen LogP) is 1.36. The molecule has 1 aromatic heterocycles. The average molecular weight is 473 g/mol. The van der Waals surface area contributed by atoms with Gasteiger partial charge in [-0.25, -0.2) is 26.9 Å². The van der Waals surface area contributed by atoms with Gasteiger partial charge in [-0.1, -0.05) is 18.5 Å². The van der Waals surface area contributed by atoms with Crippen LogP contribution in [0.5, 0.6) is 0 Å². The number of alkyl halides is 3. The fraction of sp³-hybridized carbons (Fsp3) is 0.375. The van der Waals surface area contributed by atoms with Crippen molar-refractivity contribution in [2.24, 2.45) is 12.8 Å². The number of nitrogens with zero attached hydrogens (tertiary/aromatic N) is 2. The number of hydrogen-bond donors (Lipinski definition) is 2. The first kappa shape index (κ1) is 24.1. The van der Waals surface area contributed by atoms with Crippen molar-refractivity contribution in [1.29, 1.82) is 0 Å². The zero-order valence-electron chi connectivity index (χ0n) is 15.6. The van der Waals surface area contributed by atoms with E-state index in [1.807, 2.05) is 0 Å². The van der Waals surface area contributed by atoms with Crippen molar-refractivity contribution < 1.29 is 26.0 Å². The summed E-state index contributed by atoms with van der Waals surface area (Å²) in [6, 6.07) is 0.702. The zero-order valence-corrected chi connectivity index (χ0v) is 17.2. The highest BCUT2D eigenvalue weighted by Gasteiger charge is 2.35. The maximum absolute atomic E-state index is 14.4. The Kier molecular flexibility index (Phi) is 6.81. The number of aromatic nitrogens is 2. The van der Waals surface area contributed by atoms with Crippen LogP contribution >= 0.6 is 11.6 Å². The lowest BCUT2D eigenvalue weighted by molar-refractivity contribution is -0.144. The largest absolute Gasteiger partial charge is 0.431 e. The van der Waals surface area contributed by atoms with Crippen LogP contribution in [-0.2, 0) is 23.2 Å². The number of rotatable bonds is 6. The van der Waals surface area contributed by atoms with Gasteiger partial charge in [-0.2, -0.15) is 13.2 Å². The lowest BCUT2D eigenvalue weighted by Gasteiger charge is -2.16. The third-order valence-electron chi connectivity index (χ3n) is 4.20. The molecule has 3 N–H and O–H groups in total. The molecule has 0 bridgehead atoms. The van der Waals surface area contributed by atoms with E-state index in [1.165, 1.54) is 0 Å². The molecule has 0 aliphatic rings. The van der Waals surface area contributed by atoms with E-state index < -0.39 is 60.6 Å². The maximum atomic E-state index is 14.4. The van der Waals surface area contributed by atoms with Gasteiger partial charge in [0.1, 0.15) is 16.4 Å². The first-order valence-corrected chi connectivity index (χ1v) is 10.2. The number of hydrogen-bond acceptors (Lipinski definition) is 5. The van der Waals surface area contributed by atoms with Crippen molar-refractivity contribution in [2.45, 2.75) is 30.5 Å². The van der Waals surface area contributed by atoms with E-state index >= 15 is 0 Å². The van der Waals surface area contributed by atoms with Crippen molar-refractivity contribution >= 4 is 21.6 Å². The number of nitrogens with one attached hydrogen (secondary N) is 1. The van der Waals surface area contributed by atoms with Gasteiger partial charge >= 0.3 is 11.9 Å². The molecule has 0 saturated carbocycles. The lowest BCUT2D eigenvalue weighted by atomic mass is 10.2. The van der Waals surface area contributed by atoms with E-state index in [9.17, 15) is 35.6 Å². The van der Waals surface area contributed by atoms with E-state index in [0.29, 0.717) is 18.6 Å². The predicted molar refractivity (Wildman–Crippen MR) is 101 cm³/mol. The Labute approximate surface area is 172 Å². The molecule has 14 heteroatoms. The SMILES string of the molecule is CCC(N)CNS(=O)(=O)c1cc(-n2c(=O)cc(C(F)(F)F)n(C)c2=O)c(F)cc1Cl. The van der Waals surface area contributed by atoms with Crippen LogP contribution in [0.1, 0.15) is 19.0 Å². The molecule has 0 aliphatic carbocycles. The highest BCUT2D eigenvalue weighted by molar-refractivity contribution is 7.89. The third kappa shape index (κ3) is 4.74. The second kappa shape index (κ2) is 8.49. The molecule has 166 valence electrons. The molecular formula is C16H17ClF4N4O4S. The molecule has 1 heterocycles. The highest BCUT2D eigenvalue weighted by Crippen LogP contribution is 2.28. The Balaban J connectivity index is 2.71. The van der Waals surface area contributed by atoms with Gasteiger partial charge in [0.25, 0.3) is 5.56 Å². The van der Waals surface area contributed by atoms with Crippen molar-refractivity contribution in [2.75, 3.05) is 6.54 Å². The average Bonchev–Trinajstić information content (AvgIpc) is 2.63. The number of sulfonamides is 1. The lowest BCUT2D eigenvalue weighted by Crippen LogP contribution is -2.41. The van der Waals surface area contributed by atoms with Crippen LogP contribution in [-0.4, -0.2) is 30.1 Å².